The van der Waals surface area contributed by atoms with Gasteiger partial charge in [0.25, 0.3) is 5.91 Å². The monoisotopic (exact) mass is 336 g/mol. The molecule has 20 heavy (non-hydrogen) atoms. The summed E-state index contributed by atoms with van der Waals surface area (Å²) in [5, 5.41) is 4.06. The van der Waals surface area contributed by atoms with Crippen LogP contribution < -0.4 is 10.6 Å². The Kier molecular flexibility index (Phi) is 3.96. The molecule has 2 rings (SSSR count). The van der Waals surface area contributed by atoms with Gasteiger partial charge >= 0.3 is 0 Å². The minimum Gasteiger partial charge on any atom is -0.314 e. The van der Waals surface area contributed by atoms with Gasteiger partial charge in [-0.05, 0) is 24.6 Å². The molecule has 5 nitrogen and oxygen atoms in total. The van der Waals surface area contributed by atoms with Gasteiger partial charge in [-0.2, -0.15) is 5.10 Å². The van der Waals surface area contributed by atoms with E-state index in [1.165, 1.54) is 4.90 Å². The molecule has 0 fully saturated rings. The molecular weight excluding hydrogens is 320 g/mol. The SMILES string of the molecule is CN(C(=O)C(C)(N)c1ccc(Br)cc1)c1cnn(C)c1. The summed E-state index contributed by atoms with van der Waals surface area (Å²) in [5.74, 6) is -0.187. The van der Waals surface area contributed by atoms with Crippen LogP contribution in [0.2, 0.25) is 0 Å². The molecule has 0 radical (unpaired) electrons. The van der Waals surface area contributed by atoms with E-state index in [2.05, 4.69) is 21.0 Å². The van der Waals surface area contributed by atoms with Crippen LogP contribution in [-0.2, 0) is 17.4 Å². The summed E-state index contributed by atoms with van der Waals surface area (Å²) in [6.45, 7) is 1.71. The van der Waals surface area contributed by atoms with Gasteiger partial charge in [-0.25, -0.2) is 0 Å². The highest BCUT2D eigenvalue weighted by atomic mass is 79.9. The van der Waals surface area contributed by atoms with E-state index in [-0.39, 0.29) is 5.91 Å². The van der Waals surface area contributed by atoms with Crippen LogP contribution in [0.4, 0.5) is 5.69 Å². The second-order valence-electron chi connectivity index (χ2n) is 4.95. The van der Waals surface area contributed by atoms with Gasteiger partial charge in [-0.15, -0.1) is 0 Å². The topological polar surface area (TPSA) is 64.2 Å². The smallest absolute Gasteiger partial charge is 0.251 e. The lowest BCUT2D eigenvalue weighted by molar-refractivity contribution is -0.123. The Morgan fingerprint density at radius 1 is 1.40 bits per heavy atom. The lowest BCUT2D eigenvalue weighted by atomic mass is 9.91. The van der Waals surface area contributed by atoms with Crippen molar-refractivity contribution in [3.63, 3.8) is 0 Å². The molecular formula is C14H17BrN4O. The maximum absolute atomic E-state index is 12.6. The van der Waals surface area contributed by atoms with E-state index in [1.54, 1.807) is 38.1 Å². The Morgan fingerprint density at radius 3 is 2.50 bits per heavy atom. The normalized spacial score (nSPS) is 13.8. The second kappa shape index (κ2) is 5.38. The number of aryl methyl sites for hydroxylation is 1. The first-order valence-corrected chi connectivity index (χ1v) is 6.93. The van der Waals surface area contributed by atoms with Crippen LogP contribution in [0.3, 0.4) is 0 Å². The zero-order valence-corrected chi connectivity index (χ0v) is 13.3. The lowest BCUT2D eigenvalue weighted by Gasteiger charge is -2.29. The zero-order chi connectivity index (χ0) is 14.9. The molecule has 106 valence electrons. The highest BCUT2D eigenvalue weighted by Gasteiger charge is 2.34. The summed E-state index contributed by atoms with van der Waals surface area (Å²) in [7, 11) is 3.50. The highest BCUT2D eigenvalue weighted by Crippen LogP contribution is 2.24. The number of carbonyl (C=O) groups excluding carboxylic acids is 1. The van der Waals surface area contributed by atoms with Crippen LogP contribution in [0.15, 0.2) is 41.1 Å². The molecule has 1 unspecified atom stereocenters. The number of aromatic nitrogens is 2. The average Bonchev–Trinajstić information content (AvgIpc) is 2.84. The summed E-state index contributed by atoms with van der Waals surface area (Å²) in [4.78, 5) is 14.1. The van der Waals surface area contributed by atoms with Crippen LogP contribution >= 0.6 is 15.9 Å². The van der Waals surface area contributed by atoms with Crippen molar-refractivity contribution in [3.05, 3.63) is 46.7 Å². The molecule has 0 aliphatic carbocycles. The molecule has 2 aromatic rings. The predicted molar refractivity (Wildman–Crippen MR) is 82.3 cm³/mol. The van der Waals surface area contributed by atoms with E-state index < -0.39 is 5.54 Å². The third-order valence-electron chi connectivity index (χ3n) is 3.27. The van der Waals surface area contributed by atoms with E-state index >= 15 is 0 Å². The highest BCUT2D eigenvalue weighted by molar-refractivity contribution is 9.10. The van der Waals surface area contributed by atoms with Gasteiger partial charge in [0.15, 0.2) is 0 Å². The fraction of sp³-hybridized carbons (Fsp3) is 0.286. The number of nitrogens with zero attached hydrogens (tertiary/aromatic N) is 3. The number of benzene rings is 1. The van der Waals surface area contributed by atoms with Crippen LogP contribution in [0.25, 0.3) is 0 Å². The Hall–Kier alpha value is -1.66. The van der Waals surface area contributed by atoms with Crippen molar-refractivity contribution in [2.75, 3.05) is 11.9 Å². The van der Waals surface area contributed by atoms with Gasteiger partial charge in [-0.3, -0.25) is 9.48 Å². The van der Waals surface area contributed by atoms with Crippen molar-refractivity contribution < 1.29 is 4.79 Å². The summed E-state index contributed by atoms with van der Waals surface area (Å²) in [5.41, 5.74) is 6.63. The van der Waals surface area contributed by atoms with E-state index in [0.717, 1.165) is 10.0 Å². The summed E-state index contributed by atoms with van der Waals surface area (Å²) in [6, 6.07) is 7.44. The number of amides is 1. The van der Waals surface area contributed by atoms with Gasteiger partial charge in [0.2, 0.25) is 0 Å². The quantitative estimate of drug-likeness (QED) is 0.932. The van der Waals surface area contributed by atoms with Crippen molar-refractivity contribution >= 4 is 27.5 Å². The van der Waals surface area contributed by atoms with Crippen LogP contribution in [0, 0.1) is 0 Å². The molecule has 0 spiro atoms. The van der Waals surface area contributed by atoms with E-state index in [9.17, 15) is 4.79 Å². The standard InChI is InChI=1S/C14H17BrN4O/c1-14(16,10-4-6-11(15)7-5-10)13(20)19(3)12-8-17-18(2)9-12/h4-9H,16H2,1-3H3. The number of hydrogen-bond acceptors (Lipinski definition) is 3. The predicted octanol–water partition coefficient (Wildman–Crippen LogP) is 2.02. The molecule has 1 aromatic carbocycles. The molecule has 1 heterocycles. The second-order valence-corrected chi connectivity index (χ2v) is 5.86. The largest absolute Gasteiger partial charge is 0.314 e. The number of anilines is 1. The summed E-state index contributed by atoms with van der Waals surface area (Å²) < 4.78 is 2.59. The maximum atomic E-state index is 12.6. The molecule has 0 aliphatic rings. The molecule has 0 aliphatic heterocycles. The molecule has 0 saturated carbocycles. The van der Waals surface area contributed by atoms with Crippen molar-refractivity contribution in [1.82, 2.24) is 9.78 Å². The summed E-state index contributed by atoms with van der Waals surface area (Å²) >= 11 is 3.37. The van der Waals surface area contributed by atoms with Crippen molar-refractivity contribution in [1.29, 1.82) is 0 Å². The fourth-order valence-electron chi connectivity index (χ4n) is 1.97. The molecule has 2 N–H and O–H groups in total. The maximum Gasteiger partial charge on any atom is 0.251 e. The molecule has 0 saturated heterocycles. The number of nitrogens with two attached hydrogens (primary N) is 1. The molecule has 1 aromatic heterocycles. The Morgan fingerprint density at radius 2 is 2.00 bits per heavy atom. The van der Waals surface area contributed by atoms with Crippen LogP contribution in [0.5, 0.6) is 0 Å². The molecule has 1 atom stereocenters. The third kappa shape index (κ3) is 2.76. The summed E-state index contributed by atoms with van der Waals surface area (Å²) in [6.07, 6.45) is 3.41. The Bertz CT molecular complexity index is 618. The third-order valence-corrected chi connectivity index (χ3v) is 3.80. The average molecular weight is 337 g/mol. The lowest BCUT2D eigenvalue weighted by Crippen LogP contribution is -2.49. The van der Waals surface area contributed by atoms with E-state index in [0.29, 0.717) is 5.69 Å². The molecule has 1 amide bonds. The van der Waals surface area contributed by atoms with Crippen molar-refractivity contribution in [2.45, 2.75) is 12.5 Å². The number of rotatable bonds is 3. The van der Waals surface area contributed by atoms with Crippen molar-refractivity contribution in [2.24, 2.45) is 12.8 Å². The number of carbonyl (C=O) groups is 1. The van der Waals surface area contributed by atoms with Gasteiger partial charge in [0, 0.05) is 24.8 Å². The van der Waals surface area contributed by atoms with Gasteiger partial charge in [0.1, 0.15) is 5.54 Å². The van der Waals surface area contributed by atoms with Crippen LogP contribution in [-0.4, -0.2) is 22.7 Å². The van der Waals surface area contributed by atoms with Crippen molar-refractivity contribution in [3.8, 4) is 0 Å². The first-order valence-electron chi connectivity index (χ1n) is 6.14. The van der Waals surface area contributed by atoms with Gasteiger partial charge in [0.05, 0.1) is 11.9 Å². The van der Waals surface area contributed by atoms with E-state index in [4.69, 9.17) is 5.73 Å². The van der Waals surface area contributed by atoms with Gasteiger partial charge in [-0.1, -0.05) is 28.1 Å². The van der Waals surface area contributed by atoms with Crippen LogP contribution in [0.1, 0.15) is 12.5 Å². The fourth-order valence-corrected chi connectivity index (χ4v) is 2.23. The zero-order valence-electron chi connectivity index (χ0n) is 11.7. The Balaban J connectivity index is 2.28. The minimum absolute atomic E-state index is 0.187. The number of halogens is 1. The Labute approximate surface area is 126 Å². The molecule has 0 bridgehead atoms. The molecule has 6 heteroatoms. The first kappa shape index (κ1) is 14.7. The number of likely N-dealkylation sites (N-methyl/N-ethyl adjacent to an activating group) is 1. The first-order chi connectivity index (χ1) is 9.32. The minimum atomic E-state index is -1.09. The number of hydrogen-bond donors (Lipinski definition) is 1. The van der Waals surface area contributed by atoms with E-state index in [1.807, 2.05) is 24.3 Å². The van der Waals surface area contributed by atoms with Gasteiger partial charge < -0.3 is 10.6 Å².